The van der Waals surface area contributed by atoms with Crippen LogP contribution in [0, 0.1) is 0 Å². The minimum absolute atomic E-state index is 0.219. The number of nitrogens with zero attached hydrogens (tertiary/aromatic N) is 1. The summed E-state index contributed by atoms with van der Waals surface area (Å²) in [6, 6.07) is 16.3. The van der Waals surface area contributed by atoms with Gasteiger partial charge in [-0.2, -0.15) is 5.10 Å². The number of ether oxygens (including phenoxy) is 1. The molecule has 0 aliphatic heterocycles. The van der Waals surface area contributed by atoms with Crippen LogP contribution in [0.3, 0.4) is 0 Å². The molecule has 0 aliphatic rings. The highest BCUT2D eigenvalue weighted by molar-refractivity contribution is 9.10. The second-order valence-electron chi connectivity index (χ2n) is 4.91. The Morgan fingerprint density at radius 2 is 2.00 bits per heavy atom. The Morgan fingerprint density at radius 1 is 1.13 bits per heavy atom. The molecule has 3 rings (SSSR count). The van der Waals surface area contributed by atoms with Crippen molar-refractivity contribution in [1.29, 1.82) is 0 Å². The molecule has 3 aromatic rings. The fourth-order valence-corrected chi connectivity index (χ4v) is 2.61. The Labute approximate surface area is 146 Å². The van der Waals surface area contributed by atoms with Crippen LogP contribution >= 0.6 is 27.5 Å². The molecule has 1 aromatic heterocycles. The van der Waals surface area contributed by atoms with E-state index < -0.39 is 0 Å². The molecule has 1 heterocycles. The largest absolute Gasteiger partial charge is 0.456 e. The predicted octanol–water partition coefficient (Wildman–Crippen LogP) is 4.57. The lowest BCUT2D eigenvalue weighted by Gasteiger charge is -2.10. The number of hydrogen-bond acceptors (Lipinski definition) is 3. The average Bonchev–Trinajstić information content (AvgIpc) is 2.53. The number of nitrogens with one attached hydrogen (secondary N) is 1. The first-order valence-electron chi connectivity index (χ1n) is 6.86. The van der Waals surface area contributed by atoms with E-state index in [1.165, 1.54) is 6.07 Å². The maximum absolute atomic E-state index is 11.0. The van der Waals surface area contributed by atoms with Gasteiger partial charge in [-0.05, 0) is 42.0 Å². The van der Waals surface area contributed by atoms with E-state index in [0.717, 1.165) is 15.7 Å². The van der Waals surface area contributed by atoms with Crippen LogP contribution in [-0.2, 0) is 6.42 Å². The highest BCUT2D eigenvalue weighted by Crippen LogP contribution is 2.31. The summed E-state index contributed by atoms with van der Waals surface area (Å²) in [6.45, 7) is 0. The molecular formula is C17H12BrClN2O2. The van der Waals surface area contributed by atoms with Crippen molar-refractivity contribution < 1.29 is 4.74 Å². The summed E-state index contributed by atoms with van der Waals surface area (Å²) in [5.41, 5.74) is 1.53. The van der Waals surface area contributed by atoms with Crippen LogP contribution in [0.1, 0.15) is 11.3 Å². The second kappa shape index (κ2) is 6.98. The van der Waals surface area contributed by atoms with Crippen LogP contribution in [0.2, 0.25) is 5.02 Å². The monoisotopic (exact) mass is 390 g/mol. The van der Waals surface area contributed by atoms with Crippen molar-refractivity contribution in [3.8, 4) is 11.5 Å². The summed E-state index contributed by atoms with van der Waals surface area (Å²) < 4.78 is 6.78. The second-order valence-corrected chi connectivity index (χ2v) is 6.24. The minimum atomic E-state index is -0.219. The highest BCUT2D eigenvalue weighted by Gasteiger charge is 2.07. The summed E-state index contributed by atoms with van der Waals surface area (Å²) in [7, 11) is 0. The summed E-state index contributed by atoms with van der Waals surface area (Å²) >= 11 is 9.62. The van der Waals surface area contributed by atoms with E-state index in [0.29, 0.717) is 22.9 Å². The van der Waals surface area contributed by atoms with Gasteiger partial charge in [0.15, 0.2) is 0 Å². The van der Waals surface area contributed by atoms with E-state index in [4.69, 9.17) is 16.3 Å². The summed E-state index contributed by atoms with van der Waals surface area (Å²) in [6.07, 6.45) is 0.572. The maximum atomic E-state index is 11.0. The summed E-state index contributed by atoms with van der Waals surface area (Å²) in [5.74, 6) is 1.27. The van der Waals surface area contributed by atoms with Crippen LogP contribution in [-0.4, -0.2) is 10.2 Å². The molecule has 4 nitrogen and oxygen atoms in total. The van der Waals surface area contributed by atoms with Gasteiger partial charge >= 0.3 is 0 Å². The van der Waals surface area contributed by atoms with Gasteiger partial charge in [0.1, 0.15) is 11.5 Å². The molecule has 0 atom stereocenters. The molecule has 0 aliphatic carbocycles. The first kappa shape index (κ1) is 15.8. The van der Waals surface area contributed by atoms with Gasteiger partial charge in [0.2, 0.25) is 0 Å². The minimum Gasteiger partial charge on any atom is -0.456 e. The predicted molar refractivity (Wildman–Crippen MR) is 93.3 cm³/mol. The summed E-state index contributed by atoms with van der Waals surface area (Å²) in [4.78, 5) is 11.0. The molecule has 0 saturated heterocycles. The Bertz CT molecular complexity index is 875. The number of hydrogen-bond donors (Lipinski definition) is 1. The number of aromatic nitrogens is 2. The zero-order valence-electron chi connectivity index (χ0n) is 11.9. The molecule has 23 heavy (non-hydrogen) atoms. The van der Waals surface area contributed by atoms with Crippen LogP contribution < -0.4 is 10.3 Å². The number of benzene rings is 2. The molecule has 116 valence electrons. The maximum Gasteiger partial charge on any atom is 0.264 e. The van der Waals surface area contributed by atoms with Gasteiger partial charge in [0.05, 0.1) is 10.7 Å². The standard InChI is InChI=1S/C17H12BrClN2O2/c18-12-2-1-3-14(10-12)23-16-9-11(4-6-15(16)19)8-13-5-7-17(22)21-20-13/h1-7,9-10H,8H2,(H,21,22). The lowest BCUT2D eigenvalue weighted by Crippen LogP contribution is -2.07. The molecule has 2 aromatic carbocycles. The van der Waals surface area contributed by atoms with Gasteiger partial charge in [-0.3, -0.25) is 4.79 Å². The molecule has 0 spiro atoms. The van der Waals surface area contributed by atoms with Crippen LogP contribution in [0.25, 0.3) is 0 Å². The Hall–Kier alpha value is -2.11. The number of aromatic amines is 1. The molecule has 6 heteroatoms. The SMILES string of the molecule is O=c1ccc(Cc2ccc(Cl)c(Oc3cccc(Br)c3)c2)n[nH]1. The first-order valence-corrected chi connectivity index (χ1v) is 8.04. The third-order valence-corrected chi connectivity index (χ3v) is 3.95. The topological polar surface area (TPSA) is 55.0 Å². The lowest BCUT2D eigenvalue weighted by molar-refractivity contribution is 0.482. The fraction of sp³-hybridized carbons (Fsp3) is 0.0588. The molecule has 0 saturated carbocycles. The molecular weight excluding hydrogens is 380 g/mol. The van der Waals surface area contributed by atoms with E-state index in [9.17, 15) is 4.79 Å². The average molecular weight is 392 g/mol. The van der Waals surface area contributed by atoms with Crippen molar-refractivity contribution >= 4 is 27.5 Å². The molecule has 0 bridgehead atoms. The number of H-pyrrole nitrogens is 1. The van der Waals surface area contributed by atoms with Gasteiger partial charge in [-0.15, -0.1) is 0 Å². The van der Waals surface area contributed by atoms with Crippen molar-refractivity contribution in [2.45, 2.75) is 6.42 Å². The van der Waals surface area contributed by atoms with Crippen molar-refractivity contribution in [1.82, 2.24) is 10.2 Å². The van der Waals surface area contributed by atoms with E-state index in [1.807, 2.05) is 36.4 Å². The quantitative estimate of drug-likeness (QED) is 0.709. The van der Waals surface area contributed by atoms with Crippen LogP contribution in [0.5, 0.6) is 11.5 Å². The number of rotatable bonds is 4. The van der Waals surface area contributed by atoms with Crippen molar-refractivity contribution in [3.63, 3.8) is 0 Å². The van der Waals surface area contributed by atoms with Gasteiger partial charge < -0.3 is 4.74 Å². The van der Waals surface area contributed by atoms with E-state index >= 15 is 0 Å². The molecule has 0 fully saturated rings. The van der Waals surface area contributed by atoms with Gasteiger partial charge in [-0.1, -0.05) is 39.7 Å². The molecule has 0 amide bonds. The van der Waals surface area contributed by atoms with E-state index in [2.05, 4.69) is 26.1 Å². The molecule has 0 radical (unpaired) electrons. The van der Waals surface area contributed by atoms with Crippen LogP contribution in [0.15, 0.2) is 63.9 Å². The van der Waals surface area contributed by atoms with E-state index in [1.54, 1.807) is 12.1 Å². The fourth-order valence-electron chi connectivity index (χ4n) is 2.07. The van der Waals surface area contributed by atoms with Crippen LogP contribution in [0.4, 0.5) is 0 Å². The normalized spacial score (nSPS) is 10.5. The molecule has 0 unspecified atom stereocenters. The van der Waals surface area contributed by atoms with Gasteiger partial charge in [-0.25, -0.2) is 5.10 Å². The smallest absolute Gasteiger partial charge is 0.264 e. The van der Waals surface area contributed by atoms with Crippen molar-refractivity contribution in [3.05, 3.63) is 85.7 Å². The highest BCUT2D eigenvalue weighted by atomic mass is 79.9. The Balaban J connectivity index is 1.84. The van der Waals surface area contributed by atoms with Gasteiger partial charge in [0, 0.05) is 17.0 Å². The third kappa shape index (κ3) is 4.21. The van der Waals surface area contributed by atoms with Crippen molar-refractivity contribution in [2.75, 3.05) is 0 Å². The zero-order chi connectivity index (χ0) is 16.2. The Kier molecular flexibility index (Phi) is 4.79. The molecule has 1 N–H and O–H groups in total. The zero-order valence-corrected chi connectivity index (χ0v) is 14.3. The van der Waals surface area contributed by atoms with Crippen molar-refractivity contribution in [2.24, 2.45) is 0 Å². The first-order chi connectivity index (χ1) is 11.1. The third-order valence-electron chi connectivity index (χ3n) is 3.14. The Morgan fingerprint density at radius 3 is 2.74 bits per heavy atom. The van der Waals surface area contributed by atoms with Gasteiger partial charge in [0.25, 0.3) is 5.56 Å². The summed E-state index contributed by atoms with van der Waals surface area (Å²) in [5, 5.41) is 6.96. The van der Waals surface area contributed by atoms with E-state index in [-0.39, 0.29) is 5.56 Å². The number of halogens is 2. The lowest BCUT2D eigenvalue weighted by atomic mass is 10.1.